The molecule has 1 N–H and O–H groups in total. The van der Waals surface area contributed by atoms with Crippen LogP contribution in [0.2, 0.25) is 0 Å². The monoisotopic (exact) mass is 487 g/mol. The molecule has 0 bridgehead atoms. The molecule has 2 amide bonds. The van der Waals surface area contributed by atoms with Crippen LogP contribution >= 0.6 is 0 Å². The first-order valence-electron chi connectivity index (χ1n) is 13.2. The summed E-state index contributed by atoms with van der Waals surface area (Å²) in [4.78, 5) is 32.4. The van der Waals surface area contributed by atoms with Gasteiger partial charge < -0.3 is 15.1 Å². The molecule has 0 aromatic heterocycles. The van der Waals surface area contributed by atoms with E-state index in [1.54, 1.807) is 6.07 Å². The van der Waals surface area contributed by atoms with E-state index in [0.717, 1.165) is 63.1 Å². The molecule has 1 aliphatic carbocycles. The highest BCUT2D eigenvalue weighted by atomic mass is 16.2. The molecular weight excluding hydrogens is 450 g/mol. The topological polar surface area (TPSA) is 79.7 Å². The summed E-state index contributed by atoms with van der Waals surface area (Å²) in [6.07, 6.45) is 4.11. The molecule has 1 heterocycles. The van der Waals surface area contributed by atoms with Gasteiger partial charge in [0.25, 0.3) is 0 Å². The second-order valence-electron chi connectivity index (χ2n) is 9.66. The third kappa shape index (κ3) is 5.71. The van der Waals surface area contributed by atoms with E-state index in [4.69, 9.17) is 0 Å². The Hall–Kier alpha value is -3.37. The van der Waals surface area contributed by atoms with Gasteiger partial charge in [-0.05, 0) is 50.5 Å². The molecule has 0 radical (unpaired) electrons. The van der Waals surface area contributed by atoms with Gasteiger partial charge in [0.15, 0.2) is 0 Å². The molecule has 36 heavy (non-hydrogen) atoms. The molecule has 7 heteroatoms. The summed E-state index contributed by atoms with van der Waals surface area (Å²) in [5.74, 6) is 0.280. The van der Waals surface area contributed by atoms with Crippen molar-refractivity contribution in [2.75, 3.05) is 49.5 Å². The zero-order valence-electron chi connectivity index (χ0n) is 21.4. The molecule has 190 valence electrons. The van der Waals surface area contributed by atoms with Crippen LogP contribution in [0.4, 0.5) is 11.4 Å². The molecule has 1 aliphatic heterocycles. The molecule has 0 spiro atoms. The highest BCUT2D eigenvalue weighted by Crippen LogP contribution is 2.30. The van der Waals surface area contributed by atoms with Gasteiger partial charge in [0.1, 0.15) is 12.1 Å². The maximum Gasteiger partial charge on any atom is 0.244 e. The number of benzene rings is 2. The minimum atomic E-state index is -0.308. The van der Waals surface area contributed by atoms with Crippen molar-refractivity contribution < 1.29 is 9.59 Å². The number of rotatable bonds is 8. The van der Waals surface area contributed by atoms with Crippen LogP contribution in [0.3, 0.4) is 0 Å². The minimum absolute atomic E-state index is 0.0579. The molecule has 1 unspecified atom stereocenters. The van der Waals surface area contributed by atoms with Gasteiger partial charge in [0.05, 0.1) is 11.3 Å². The van der Waals surface area contributed by atoms with Gasteiger partial charge in [-0.3, -0.25) is 14.5 Å². The fourth-order valence-corrected chi connectivity index (χ4v) is 5.49. The predicted octanol–water partition coefficient (Wildman–Crippen LogP) is 4.42. The van der Waals surface area contributed by atoms with Crippen molar-refractivity contribution in [1.82, 2.24) is 9.80 Å². The number of hydrogen-bond donors (Lipinski definition) is 1. The number of anilines is 2. The summed E-state index contributed by atoms with van der Waals surface area (Å²) in [6, 6.07) is 17.6. The summed E-state index contributed by atoms with van der Waals surface area (Å²) in [7, 11) is 0. The Morgan fingerprint density at radius 2 is 1.69 bits per heavy atom. The van der Waals surface area contributed by atoms with E-state index in [-0.39, 0.29) is 23.8 Å². The number of nitrogens with zero attached hydrogens (tertiary/aromatic N) is 4. The van der Waals surface area contributed by atoms with Gasteiger partial charge in [-0.2, -0.15) is 5.26 Å². The number of nitrogens with one attached hydrogen (secondary N) is 1. The van der Waals surface area contributed by atoms with Crippen LogP contribution in [0, 0.1) is 17.2 Å². The van der Waals surface area contributed by atoms with Crippen LogP contribution in [0.25, 0.3) is 0 Å². The van der Waals surface area contributed by atoms with Crippen molar-refractivity contribution in [1.29, 1.82) is 5.26 Å². The van der Waals surface area contributed by atoms with Gasteiger partial charge in [-0.25, -0.2) is 0 Å². The molecule has 2 aliphatic rings. The number of carbonyl (C=O) groups is 2. The average Bonchev–Trinajstić information content (AvgIpc) is 3.46. The third-order valence-corrected chi connectivity index (χ3v) is 7.55. The quantitative estimate of drug-likeness (QED) is 0.596. The Morgan fingerprint density at radius 3 is 2.31 bits per heavy atom. The van der Waals surface area contributed by atoms with Crippen molar-refractivity contribution in [3.8, 4) is 6.07 Å². The lowest BCUT2D eigenvalue weighted by Crippen LogP contribution is -2.51. The first-order valence-corrected chi connectivity index (χ1v) is 13.2. The van der Waals surface area contributed by atoms with E-state index >= 15 is 0 Å². The first kappa shape index (κ1) is 25.7. The number of nitriles is 1. The summed E-state index contributed by atoms with van der Waals surface area (Å²) in [6.45, 7) is 8.29. The van der Waals surface area contributed by atoms with Crippen molar-refractivity contribution in [3.63, 3.8) is 0 Å². The second-order valence-corrected chi connectivity index (χ2v) is 9.66. The number of amides is 2. The largest absolute Gasteiger partial charge is 0.368 e. The smallest absolute Gasteiger partial charge is 0.244 e. The van der Waals surface area contributed by atoms with Gasteiger partial charge in [0, 0.05) is 50.9 Å². The standard InChI is InChI=1S/C29H37N5O2/c1-3-32(4-2)29(36)27(22-10-6-5-7-11-22)34-18-16-33(17-19-34)26-15-14-25(20-24(26)21-30)31-28(35)23-12-8-9-13-23/h5-7,10-11,14-15,20,23,27H,3-4,8-9,12-13,16-19H2,1-2H3,(H,31,35). The summed E-state index contributed by atoms with van der Waals surface area (Å²) >= 11 is 0. The molecule has 2 aromatic carbocycles. The minimum Gasteiger partial charge on any atom is -0.368 e. The maximum atomic E-state index is 13.5. The summed E-state index contributed by atoms with van der Waals surface area (Å²) in [5.41, 5.74) is 3.14. The first-order chi connectivity index (χ1) is 17.5. The molecule has 2 aromatic rings. The zero-order chi connectivity index (χ0) is 25.5. The number of carbonyl (C=O) groups excluding carboxylic acids is 2. The lowest BCUT2D eigenvalue weighted by Gasteiger charge is -2.41. The van der Waals surface area contributed by atoms with Crippen molar-refractivity contribution >= 4 is 23.2 Å². The molecule has 7 nitrogen and oxygen atoms in total. The molecular formula is C29H37N5O2. The van der Waals surface area contributed by atoms with Crippen LogP contribution in [-0.4, -0.2) is 60.9 Å². The SMILES string of the molecule is CCN(CC)C(=O)C(c1ccccc1)N1CCN(c2ccc(NC(=O)C3CCCC3)cc2C#N)CC1. The van der Waals surface area contributed by atoms with Gasteiger partial charge in [0.2, 0.25) is 11.8 Å². The lowest BCUT2D eigenvalue weighted by atomic mass is 10.0. The molecule has 4 rings (SSSR count). The van der Waals surface area contributed by atoms with Crippen LogP contribution in [-0.2, 0) is 9.59 Å². The van der Waals surface area contributed by atoms with Crippen LogP contribution < -0.4 is 10.2 Å². The summed E-state index contributed by atoms with van der Waals surface area (Å²) < 4.78 is 0. The van der Waals surface area contributed by atoms with Gasteiger partial charge in [-0.1, -0.05) is 43.2 Å². The third-order valence-electron chi connectivity index (χ3n) is 7.55. The van der Waals surface area contributed by atoms with Gasteiger partial charge >= 0.3 is 0 Å². The summed E-state index contributed by atoms with van der Waals surface area (Å²) in [5, 5.41) is 12.9. The Bertz CT molecular complexity index is 1080. The number of hydrogen-bond acceptors (Lipinski definition) is 5. The highest BCUT2D eigenvalue weighted by Gasteiger charge is 2.33. The molecule has 1 saturated carbocycles. The fourth-order valence-electron chi connectivity index (χ4n) is 5.49. The van der Waals surface area contributed by atoms with Crippen molar-refractivity contribution in [2.45, 2.75) is 45.6 Å². The molecule has 2 fully saturated rings. The van der Waals surface area contributed by atoms with Crippen LogP contribution in [0.5, 0.6) is 0 Å². The zero-order valence-corrected chi connectivity index (χ0v) is 21.4. The van der Waals surface area contributed by atoms with Crippen molar-refractivity contribution in [2.24, 2.45) is 5.92 Å². The van der Waals surface area contributed by atoms with E-state index < -0.39 is 0 Å². The van der Waals surface area contributed by atoms with E-state index in [0.29, 0.717) is 24.3 Å². The maximum absolute atomic E-state index is 13.5. The lowest BCUT2D eigenvalue weighted by molar-refractivity contribution is -0.137. The molecule has 1 saturated heterocycles. The second kappa shape index (κ2) is 12.0. The fraction of sp³-hybridized carbons (Fsp3) is 0.483. The van der Waals surface area contributed by atoms with E-state index in [2.05, 4.69) is 21.2 Å². The Labute approximate surface area is 214 Å². The number of piperazine rings is 1. The Kier molecular flexibility index (Phi) is 8.61. The number of likely N-dealkylation sites (N-methyl/N-ethyl adjacent to an activating group) is 1. The van der Waals surface area contributed by atoms with Crippen LogP contribution in [0.15, 0.2) is 48.5 Å². The predicted molar refractivity (Wildman–Crippen MR) is 143 cm³/mol. The molecule has 1 atom stereocenters. The Morgan fingerprint density at radius 1 is 1.03 bits per heavy atom. The van der Waals surface area contributed by atoms with E-state index in [1.807, 2.05) is 61.2 Å². The Balaban J connectivity index is 1.46. The average molecular weight is 488 g/mol. The van der Waals surface area contributed by atoms with E-state index in [9.17, 15) is 14.9 Å². The highest BCUT2D eigenvalue weighted by molar-refractivity contribution is 5.93. The van der Waals surface area contributed by atoms with Crippen LogP contribution in [0.1, 0.15) is 56.7 Å². The van der Waals surface area contributed by atoms with Gasteiger partial charge in [-0.15, -0.1) is 0 Å². The van der Waals surface area contributed by atoms with E-state index in [1.165, 1.54) is 0 Å². The van der Waals surface area contributed by atoms with Crippen molar-refractivity contribution in [3.05, 3.63) is 59.7 Å². The normalized spacial score (nSPS) is 17.4.